The number of benzene rings is 2. The summed E-state index contributed by atoms with van der Waals surface area (Å²) >= 11 is 1.05. The fourth-order valence-electron chi connectivity index (χ4n) is 3.56. The number of anilines is 1. The van der Waals surface area contributed by atoms with Crippen molar-refractivity contribution in [1.82, 2.24) is 4.98 Å². The van der Waals surface area contributed by atoms with Gasteiger partial charge in [-0.15, -0.1) is 0 Å². The van der Waals surface area contributed by atoms with Crippen LogP contribution in [0, 0.1) is 0 Å². The molecule has 32 heavy (non-hydrogen) atoms. The van der Waals surface area contributed by atoms with Crippen molar-refractivity contribution in [2.45, 2.75) is 28.8 Å². The lowest BCUT2D eigenvalue weighted by atomic mass is 10.0. The Morgan fingerprint density at radius 3 is 2.34 bits per heavy atom. The molecule has 0 spiro atoms. The molecule has 1 fully saturated rings. The lowest BCUT2D eigenvalue weighted by molar-refractivity contribution is -0.139. The maximum Gasteiger partial charge on any atom is 0.417 e. The summed E-state index contributed by atoms with van der Waals surface area (Å²) in [5.74, 6) is 1.36. The van der Waals surface area contributed by atoms with Crippen LogP contribution in [0.25, 0.3) is 11.1 Å². The van der Waals surface area contributed by atoms with E-state index in [1.54, 1.807) is 42.6 Å². The zero-order valence-corrected chi connectivity index (χ0v) is 18.4. The number of alkyl halides is 3. The molecule has 4 rings (SSSR count). The molecule has 3 aromatic rings. The maximum atomic E-state index is 13.9. The van der Waals surface area contributed by atoms with Gasteiger partial charge in [0.25, 0.3) is 0 Å². The van der Waals surface area contributed by atoms with Crippen molar-refractivity contribution < 1.29 is 22.7 Å². The number of carbonyl (C=O) groups excluding carboxylic acids is 1. The molecule has 8 heteroatoms. The molecular weight excluding hydrogens is 437 g/mol. The van der Waals surface area contributed by atoms with Gasteiger partial charge in [0.2, 0.25) is 0 Å². The monoisotopic (exact) mass is 460 g/mol. The number of nitrogens with zero attached hydrogens (tertiary/aromatic N) is 2. The first-order chi connectivity index (χ1) is 15.5. The van der Waals surface area contributed by atoms with Crippen molar-refractivity contribution in [2.75, 3.05) is 25.1 Å². The van der Waals surface area contributed by atoms with E-state index in [2.05, 4.69) is 9.88 Å². The summed E-state index contributed by atoms with van der Waals surface area (Å²) < 4.78 is 47.0. The molecule has 1 saturated heterocycles. The van der Waals surface area contributed by atoms with Crippen LogP contribution in [-0.2, 0) is 11.0 Å². The first kappa shape index (κ1) is 23.7. The molecule has 1 aliphatic rings. The van der Waals surface area contributed by atoms with Gasteiger partial charge >= 0.3 is 6.18 Å². The number of para-hydroxylation sites is 1. The van der Waals surface area contributed by atoms with E-state index >= 15 is 0 Å². The van der Waals surface area contributed by atoms with E-state index in [1.807, 2.05) is 12.9 Å². The molecule has 1 aromatic heterocycles. The predicted molar refractivity (Wildman–Crippen MR) is 120 cm³/mol. The summed E-state index contributed by atoms with van der Waals surface area (Å²) in [5, 5.41) is 0. The van der Waals surface area contributed by atoms with Crippen molar-refractivity contribution in [1.29, 1.82) is 0 Å². The topological polar surface area (TPSA) is 42.4 Å². The van der Waals surface area contributed by atoms with Gasteiger partial charge in [0, 0.05) is 24.2 Å². The Bertz CT molecular complexity index is 1050. The fourth-order valence-corrected chi connectivity index (χ4v) is 4.61. The Morgan fingerprint density at radius 2 is 1.66 bits per heavy atom. The molecular formula is C24H23F3N2O2S. The highest BCUT2D eigenvalue weighted by Crippen LogP contribution is 2.43. The average Bonchev–Trinajstić information content (AvgIpc) is 3.35. The second-order valence-electron chi connectivity index (χ2n) is 7.06. The molecule has 2 heterocycles. The molecule has 0 radical (unpaired) electrons. The second-order valence-corrected chi connectivity index (χ2v) is 8.14. The normalized spacial score (nSPS) is 13.4. The van der Waals surface area contributed by atoms with Gasteiger partial charge in [0.15, 0.2) is 0 Å². The Morgan fingerprint density at radius 1 is 0.969 bits per heavy atom. The van der Waals surface area contributed by atoms with E-state index < -0.39 is 11.7 Å². The molecule has 0 aliphatic carbocycles. The van der Waals surface area contributed by atoms with E-state index in [1.165, 1.54) is 19.2 Å². The van der Waals surface area contributed by atoms with Crippen LogP contribution in [0.4, 0.5) is 19.0 Å². The van der Waals surface area contributed by atoms with Crippen LogP contribution in [0.2, 0.25) is 0 Å². The Labute approximate surface area is 189 Å². The number of ether oxygens (including phenoxy) is 1. The summed E-state index contributed by atoms with van der Waals surface area (Å²) in [6, 6.07) is 15.2. The highest BCUT2D eigenvalue weighted by molar-refractivity contribution is 7.99. The molecule has 0 amide bonds. The molecule has 0 bridgehead atoms. The lowest BCUT2D eigenvalue weighted by Crippen LogP contribution is -2.18. The lowest BCUT2D eigenvalue weighted by Gasteiger charge is -2.18. The van der Waals surface area contributed by atoms with Crippen LogP contribution in [-0.4, -0.2) is 32.0 Å². The maximum absolute atomic E-state index is 13.9. The highest BCUT2D eigenvalue weighted by atomic mass is 32.2. The Balaban J connectivity index is 0.00000141. The molecule has 168 valence electrons. The minimum absolute atomic E-state index is 0.143. The number of hydrogen-bond acceptors (Lipinski definition) is 5. The smallest absolute Gasteiger partial charge is 0.417 e. The third-order valence-corrected chi connectivity index (χ3v) is 6.22. The minimum Gasteiger partial charge on any atom is -0.496 e. The van der Waals surface area contributed by atoms with Gasteiger partial charge in [-0.2, -0.15) is 13.2 Å². The number of halogens is 3. The standard InChI is InChI=1S/C23H21F3N2OS.CH2O/c1-29-19-6-2-3-7-21(19)30-20-9-8-16(14-18(20)23(24,25)26)17-10-11-27-22(15-17)28-12-4-5-13-28;1-2/h2-3,6-11,14-15H,4-5,12-13H2,1H3;1H2. The van der Waals surface area contributed by atoms with Crippen LogP contribution >= 0.6 is 11.8 Å². The number of carbonyl (C=O) groups is 1. The van der Waals surface area contributed by atoms with Gasteiger partial charge < -0.3 is 14.4 Å². The molecule has 0 unspecified atom stereocenters. The van der Waals surface area contributed by atoms with Crippen LogP contribution in [0.3, 0.4) is 0 Å². The van der Waals surface area contributed by atoms with Crippen LogP contribution < -0.4 is 9.64 Å². The average molecular weight is 461 g/mol. The second kappa shape index (κ2) is 10.5. The molecule has 0 N–H and O–H groups in total. The largest absolute Gasteiger partial charge is 0.496 e. The van der Waals surface area contributed by atoms with E-state index in [4.69, 9.17) is 9.53 Å². The number of hydrogen-bond donors (Lipinski definition) is 0. The third-order valence-electron chi connectivity index (χ3n) is 5.08. The Kier molecular flexibility index (Phi) is 7.80. The molecule has 2 aromatic carbocycles. The first-order valence-corrected chi connectivity index (χ1v) is 10.8. The molecule has 0 atom stereocenters. The zero-order valence-electron chi connectivity index (χ0n) is 17.6. The number of aromatic nitrogens is 1. The van der Waals surface area contributed by atoms with Gasteiger partial charge in [0.05, 0.1) is 17.6 Å². The van der Waals surface area contributed by atoms with Gasteiger partial charge in [-0.3, -0.25) is 0 Å². The number of rotatable bonds is 5. The van der Waals surface area contributed by atoms with Crippen molar-refractivity contribution in [2.24, 2.45) is 0 Å². The fraction of sp³-hybridized carbons (Fsp3) is 0.250. The number of pyridine rings is 1. The van der Waals surface area contributed by atoms with Gasteiger partial charge in [-0.1, -0.05) is 30.0 Å². The molecule has 0 saturated carbocycles. The quantitative estimate of drug-likeness (QED) is 0.444. The summed E-state index contributed by atoms with van der Waals surface area (Å²) in [5.41, 5.74) is 0.594. The number of methoxy groups -OCH3 is 1. The zero-order chi connectivity index (χ0) is 23.1. The van der Waals surface area contributed by atoms with Crippen molar-refractivity contribution in [3.63, 3.8) is 0 Å². The van der Waals surface area contributed by atoms with Crippen LogP contribution in [0.15, 0.2) is 70.6 Å². The van der Waals surface area contributed by atoms with Gasteiger partial charge in [-0.25, -0.2) is 4.98 Å². The van der Waals surface area contributed by atoms with E-state index in [0.29, 0.717) is 16.2 Å². The van der Waals surface area contributed by atoms with Gasteiger partial charge in [0.1, 0.15) is 18.4 Å². The third kappa shape index (κ3) is 5.43. The van der Waals surface area contributed by atoms with E-state index in [-0.39, 0.29) is 4.90 Å². The van der Waals surface area contributed by atoms with Crippen LogP contribution in [0.1, 0.15) is 18.4 Å². The highest BCUT2D eigenvalue weighted by Gasteiger charge is 2.34. The van der Waals surface area contributed by atoms with E-state index in [0.717, 1.165) is 49.1 Å². The molecule has 1 aliphatic heterocycles. The van der Waals surface area contributed by atoms with Gasteiger partial charge in [-0.05, 0) is 60.4 Å². The summed E-state index contributed by atoms with van der Waals surface area (Å²) in [4.78, 5) is 15.3. The van der Waals surface area contributed by atoms with E-state index in [9.17, 15) is 13.2 Å². The Hall–Kier alpha value is -3.00. The van der Waals surface area contributed by atoms with Crippen molar-refractivity contribution in [3.05, 3.63) is 66.4 Å². The predicted octanol–water partition coefficient (Wildman–Crippen LogP) is 6.34. The van der Waals surface area contributed by atoms with Crippen molar-refractivity contribution in [3.8, 4) is 16.9 Å². The summed E-state index contributed by atoms with van der Waals surface area (Å²) in [6.07, 6.45) is -0.586. The minimum atomic E-state index is -4.47. The summed E-state index contributed by atoms with van der Waals surface area (Å²) in [6.45, 7) is 3.86. The molecule has 4 nitrogen and oxygen atoms in total. The summed E-state index contributed by atoms with van der Waals surface area (Å²) in [7, 11) is 1.51. The van der Waals surface area contributed by atoms with Crippen molar-refractivity contribution >= 4 is 24.4 Å². The first-order valence-electron chi connectivity index (χ1n) is 9.98. The SMILES string of the molecule is C=O.COc1ccccc1Sc1ccc(-c2ccnc(N3CCCC3)c2)cc1C(F)(F)F. The van der Waals surface area contributed by atoms with Crippen LogP contribution in [0.5, 0.6) is 5.75 Å².